The summed E-state index contributed by atoms with van der Waals surface area (Å²) in [6.07, 6.45) is 2.01. The summed E-state index contributed by atoms with van der Waals surface area (Å²) in [4.78, 5) is 37.8. The fraction of sp³-hybridized carbons (Fsp3) is 0.321. The second-order valence-corrected chi connectivity index (χ2v) is 9.33. The van der Waals surface area contributed by atoms with Gasteiger partial charge in [-0.05, 0) is 74.6 Å². The predicted molar refractivity (Wildman–Crippen MR) is 138 cm³/mol. The van der Waals surface area contributed by atoms with Gasteiger partial charge in [0.1, 0.15) is 17.2 Å². The van der Waals surface area contributed by atoms with Gasteiger partial charge in [0, 0.05) is 11.6 Å². The van der Waals surface area contributed by atoms with E-state index in [1.165, 1.54) is 0 Å². The van der Waals surface area contributed by atoms with Gasteiger partial charge in [-0.15, -0.1) is 0 Å². The Bertz CT molecular complexity index is 1260. The van der Waals surface area contributed by atoms with Gasteiger partial charge in [-0.3, -0.25) is 14.4 Å². The molecule has 3 N–H and O–H groups in total. The van der Waals surface area contributed by atoms with E-state index in [0.29, 0.717) is 18.5 Å². The summed E-state index contributed by atoms with van der Waals surface area (Å²) < 4.78 is 6.72. The summed E-state index contributed by atoms with van der Waals surface area (Å²) in [6.45, 7) is 7.47. The van der Waals surface area contributed by atoms with E-state index in [2.05, 4.69) is 5.32 Å². The van der Waals surface area contributed by atoms with Gasteiger partial charge in [0.25, 0.3) is 5.56 Å². The third kappa shape index (κ3) is 6.05. The monoisotopic (exact) mass is 475 g/mol. The number of hydrogen-bond donors (Lipinski definition) is 2. The average molecular weight is 476 g/mol. The third-order valence-electron chi connectivity index (χ3n) is 6.48. The fourth-order valence-electron chi connectivity index (χ4n) is 3.69. The lowest BCUT2D eigenvalue weighted by molar-refractivity contribution is -0.121. The molecule has 7 nitrogen and oxygen atoms in total. The minimum atomic E-state index is -0.837. The van der Waals surface area contributed by atoms with Crippen molar-refractivity contribution in [2.24, 2.45) is 5.73 Å². The molecular weight excluding hydrogens is 442 g/mol. The Balaban J connectivity index is 1.71. The van der Waals surface area contributed by atoms with Gasteiger partial charge in [-0.2, -0.15) is 0 Å². The fourth-order valence-corrected chi connectivity index (χ4v) is 3.69. The number of ketones is 1. The number of benzene rings is 2. The van der Waals surface area contributed by atoms with Gasteiger partial charge in [-0.1, -0.05) is 36.4 Å². The van der Waals surface area contributed by atoms with E-state index in [1.807, 2.05) is 62.4 Å². The minimum absolute atomic E-state index is 0.0807. The van der Waals surface area contributed by atoms with Crippen LogP contribution in [0.15, 0.2) is 65.6 Å². The number of pyridine rings is 1. The van der Waals surface area contributed by atoms with Crippen LogP contribution in [-0.2, 0) is 28.0 Å². The maximum atomic E-state index is 13.1. The standard InChI is InChI=1S/C28H33N3O4/c1-18-14-15-31(17-21-8-12-23(35-5)13-9-21)27(34)25(18)30-26(33)24(29)16-20-6-10-22(11-7-20)28(3,4)19(2)32/h6-15,24H,16-17,29H2,1-5H3,(H,30,33). The van der Waals surface area contributed by atoms with Gasteiger partial charge < -0.3 is 20.4 Å². The Labute approximate surface area is 205 Å². The molecule has 1 aromatic heterocycles. The van der Waals surface area contributed by atoms with E-state index < -0.39 is 17.4 Å². The molecule has 0 saturated carbocycles. The van der Waals surface area contributed by atoms with Crippen molar-refractivity contribution < 1.29 is 14.3 Å². The highest BCUT2D eigenvalue weighted by Gasteiger charge is 2.26. The Kier molecular flexibility index (Phi) is 7.92. The molecule has 0 aliphatic carbocycles. The largest absolute Gasteiger partial charge is 0.497 e. The van der Waals surface area contributed by atoms with E-state index in [9.17, 15) is 14.4 Å². The van der Waals surface area contributed by atoms with Crippen LogP contribution < -0.4 is 21.3 Å². The van der Waals surface area contributed by atoms with Gasteiger partial charge in [0.2, 0.25) is 5.91 Å². The summed E-state index contributed by atoms with van der Waals surface area (Å²) in [5, 5.41) is 2.73. The molecule has 1 amide bonds. The molecule has 3 rings (SSSR count). The van der Waals surface area contributed by atoms with Crippen molar-refractivity contribution >= 4 is 17.4 Å². The summed E-state index contributed by atoms with van der Waals surface area (Å²) in [5.74, 6) is 0.391. The lowest BCUT2D eigenvalue weighted by atomic mass is 9.81. The number of rotatable bonds is 9. The zero-order valence-electron chi connectivity index (χ0n) is 20.9. The number of nitrogens with one attached hydrogen (secondary N) is 1. The minimum Gasteiger partial charge on any atom is -0.497 e. The molecule has 0 fully saturated rings. The number of carbonyl (C=O) groups is 2. The number of Topliss-reactive ketones (excluding diaryl/α,β-unsaturated/α-hetero) is 1. The Morgan fingerprint density at radius 1 is 1.03 bits per heavy atom. The van der Waals surface area contributed by atoms with Crippen LogP contribution >= 0.6 is 0 Å². The number of carbonyl (C=O) groups excluding carboxylic acids is 2. The second-order valence-electron chi connectivity index (χ2n) is 9.33. The van der Waals surface area contributed by atoms with Crippen molar-refractivity contribution in [2.45, 2.75) is 52.1 Å². The predicted octanol–water partition coefficient (Wildman–Crippen LogP) is 3.59. The molecule has 0 aliphatic heterocycles. The Morgan fingerprint density at radius 2 is 1.63 bits per heavy atom. The first-order chi connectivity index (χ1) is 16.5. The molecule has 1 atom stereocenters. The molecule has 1 heterocycles. The highest BCUT2D eigenvalue weighted by atomic mass is 16.5. The number of hydrogen-bond acceptors (Lipinski definition) is 5. The van der Waals surface area contributed by atoms with E-state index in [0.717, 1.165) is 22.4 Å². The quantitative estimate of drug-likeness (QED) is 0.492. The van der Waals surface area contributed by atoms with Crippen LogP contribution in [0.1, 0.15) is 43.0 Å². The van der Waals surface area contributed by atoms with Crippen molar-refractivity contribution in [3.63, 3.8) is 0 Å². The van der Waals surface area contributed by atoms with Crippen LogP contribution in [-0.4, -0.2) is 29.4 Å². The smallest absolute Gasteiger partial charge is 0.274 e. The summed E-state index contributed by atoms with van der Waals surface area (Å²) in [5.41, 5.74) is 8.90. The zero-order valence-corrected chi connectivity index (χ0v) is 20.9. The summed E-state index contributed by atoms with van der Waals surface area (Å²) >= 11 is 0. The Morgan fingerprint density at radius 3 is 2.20 bits per heavy atom. The van der Waals surface area contributed by atoms with E-state index in [-0.39, 0.29) is 17.0 Å². The number of methoxy groups -OCH3 is 1. The van der Waals surface area contributed by atoms with E-state index in [4.69, 9.17) is 10.5 Å². The van der Waals surface area contributed by atoms with Crippen LogP contribution in [0.3, 0.4) is 0 Å². The number of nitrogens with zero attached hydrogens (tertiary/aromatic N) is 1. The molecule has 7 heteroatoms. The lowest BCUT2D eigenvalue weighted by Gasteiger charge is -2.22. The highest BCUT2D eigenvalue weighted by molar-refractivity contribution is 5.95. The van der Waals surface area contributed by atoms with Crippen molar-refractivity contribution in [1.29, 1.82) is 0 Å². The molecular formula is C28H33N3O4. The van der Waals surface area contributed by atoms with E-state index >= 15 is 0 Å². The number of amides is 1. The maximum Gasteiger partial charge on any atom is 0.274 e. The first-order valence-electron chi connectivity index (χ1n) is 11.5. The molecule has 0 spiro atoms. The molecule has 0 saturated heterocycles. The summed E-state index contributed by atoms with van der Waals surface area (Å²) in [7, 11) is 1.60. The van der Waals surface area contributed by atoms with Crippen LogP contribution in [0.2, 0.25) is 0 Å². The number of aryl methyl sites for hydroxylation is 1. The van der Waals surface area contributed by atoms with E-state index in [1.54, 1.807) is 37.8 Å². The molecule has 3 aromatic rings. The number of ether oxygens (including phenoxy) is 1. The van der Waals surface area contributed by atoms with Gasteiger partial charge >= 0.3 is 0 Å². The van der Waals surface area contributed by atoms with Crippen molar-refractivity contribution in [3.8, 4) is 5.75 Å². The molecule has 2 aromatic carbocycles. The molecule has 1 unspecified atom stereocenters. The normalized spacial score (nSPS) is 12.2. The molecule has 0 bridgehead atoms. The maximum absolute atomic E-state index is 13.1. The number of aromatic nitrogens is 1. The first kappa shape index (κ1) is 25.9. The molecule has 35 heavy (non-hydrogen) atoms. The van der Waals surface area contributed by atoms with Gasteiger partial charge in [0.05, 0.1) is 19.7 Å². The molecule has 184 valence electrons. The summed E-state index contributed by atoms with van der Waals surface area (Å²) in [6, 6.07) is 15.9. The second kappa shape index (κ2) is 10.7. The molecule has 0 aliphatic rings. The zero-order chi connectivity index (χ0) is 25.8. The van der Waals surface area contributed by atoms with Crippen molar-refractivity contribution in [2.75, 3.05) is 12.4 Å². The SMILES string of the molecule is COc1ccc(Cn2ccc(C)c(NC(=O)C(N)Cc3ccc(C(C)(C)C(C)=O)cc3)c2=O)cc1. The number of nitrogens with two attached hydrogens (primary N) is 1. The van der Waals surface area contributed by atoms with Crippen LogP contribution in [0, 0.1) is 6.92 Å². The Hall–Kier alpha value is -3.71. The van der Waals surface area contributed by atoms with Crippen LogP contribution in [0.5, 0.6) is 5.75 Å². The number of anilines is 1. The van der Waals surface area contributed by atoms with Crippen molar-refractivity contribution in [1.82, 2.24) is 4.57 Å². The van der Waals surface area contributed by atoms with Crippen molar-refractivity contribution in [3.05, 3.63) is 93.4 Å². The molecule has 0 radical (unpaired) electrons. The van der Waals surface area contributed by atoms with Gasteiger partial charge in [0.15, 0.2) is 0 Å². The van der Waals surface area contributed by atoms with Crippen LogP contribution in [0.4, 0.5) is 5.69 Å². The lowest BCUT2D eigenvalue weighted by Crippen LogP contribution is -2.39. The van der Waals surface area contributed by atoms with Gasteiger partial charge in [-0.25, -0.2) is 0 Å². The topological polar surface area (TPSA) is 103 Å². The average Bonchev–Trinajstić information content (AvgIpc) is 2.84. The third-order valence-corrected chi connectivity index (χ3v) is 6.48. The highest BCUT2D eigenvalue weighted by Crippen LogP contribution is 2.24. The first-order valence-corrected chi connectivity index (χ1v) is 11.5. The van der Waals surface area contributed by atoms with Crippen LogP contribution in [0.25, 0.3) is 0 Å².